The minimum atomic E-state index is -0.277. The summed E-state index contributed by atoms with van der Waals surface area (Å²) in [5.41, 5.74) is 4.58. The van der Waals surface area contributed by atoms with E-state index in [2.05, 4.69) is 61.6 Å². The number of hydrogen-bond acceptors (Lipinski definition) is 2. The van der Waals surface area contributed by atoms with E-state index in [-0.39, 0.29) is 24.7 Å². The van der Waals surface area contributed by atoms with E-state index >= 15 is 0 Å². The minimum Gasteiger partial charge on any atom is -0.354 e. The lowest BCUT2D eigenvalue weighted by Crippen LogP contribution is -2.42. The second kappa shape index (κ2) is 8.96. The van der Waals surface area contributed by atoms with Crippen molar-refractivity contribution in [3.63, 3.8) is 0 Å². The Kier molecular flexibility index (Phi) is 6.54. The maximum absolute atomic E-state index is 13.5. The zero-order valence-corrected chi connectivity index (χ0v) is 19.0. The van der Waals surface area contributed by atoms with E-state index in [0.717, 1.165) is 25.0 Å². The number of aromatic nitrogens is 1. The molecule has 1 aromatic heterocycles. The van der Waals surface area contributed by atoms with Gasteiger partial charge in [-0.1, -0.05) is 50.8 Å². The van der Waals surface area contributed by atoms with Crippen LogP contribution in [0.3, 0.4) is 0 Å². The molecule has 0 saturated carbocycles. The highest BCUT2D eigenvalue weighted by Crippen LogP contribution is 2.44. The number of carbonyl (C=O) groups excluding carboxylic acids is 2. The van der Waals surface area contributed by atoms with E-state index < -0.39 is 0 Å². The van der Waals surface area contributed by atoms with Gasteiger partial charge in [0.25, 0.3) is 11.8 Å². The quantitative estimate of drug-likeness (QED) is 0.504. The number of amides is 2. The van der Waals surface area contributed by atoms with Crippen molar-refractivity contribution in [2.45, 2.75) is 46.1 Å². The molecular weight excluding hydrogens is 386 g/mol. The molecule has 0 fully saturated rings. The van der Waals surface area contributed by atoms with E-state index in [0.29, 0.717) is 23.4 Å². The maximum Gasteiger partial charge on any atom is 0.268 e. The number of carbonyl (C=O) groups is 2. The lowest BCUT2D eigenvalue weighted by atomic mass is 9.70. The van der Waals surface area contributed by atoms with Crippen LogP contribution in [0.25, 0.3) is 5.57 Å². The molecule has 166 valence electrons. The van der Waals surface area contributed by atoms with Gasteiger partial charge in [0.15, 0.2) is 0 Å². The Labute approximate surface area is 186 Å². The van der Waals surface area contributed by atoms with Crippen LogP contribution in [0, 0.1) is 12.3 Å². The van der Waals surface area contributed by atoms with Crippen molar-refractivity contribution < 1.29 is 11.0 Å². The molecule has 1 heterocycles. The van der Waals surface area contributed by atoms with Crippen LogP contribution in [-0.2, 0) is 4.79 Å². The molecule has 0 bridgehead atoms. The van der Waals surface area contributed by atoms with Crippen LogP contribution in [0.4, 0.5) is 0 Å². The Morgan fingerprint density at radius 2 is 2.06 bits per heavy atom. The van der Waals surface area contributed by atoms with Gasteiger partial charge in [-0.3, -0.25) is 9.59 Å². The number of H-pyrrole nitrogens is 1. The first-order valence-corrected chi connectivity index (χ1v) is 10.8. The topological polar surface area (TPSA) is 65.2 Å². The zero-order valence-electron chi connectivity index (χ0n) is 19.0. The molecule has 0 saturated heterocycles. The predicted molar refractivity (Wildman–Crippen MR) is 129 cm³/mol. The third-order valence-corrected chi connectivity index (χ3v) is 6.25. The van der Waals surface area contributed by atoms with Crippen LogP contribution in [0.2, 0.25) is 0 Å². The number of nitrogens with one attached hydrogen (secondary N) is 2. The standard InChI is InChI=1S/C26H33N3O2.H2/c1-7-15-27-24(30)23-20(16-17(2)28-23)18(3)25(31)29(6)22-13-14-26(4,5)21-12-10-8-9-11-19(21)22;/h7,9-12,16,22,28H,1,3,8,13-15H2,2,4-6H3,(H,27,30);1H. The van der Waals surface area contributed by atoms with Gasteiger partial charge in [0, 0.05) is 31.8 Å². The lowest BCUT2D eigenvalue weighted by molar-refractivity contribution is -0.125. The average molecular weight is 422 g/mol. The fourth-order valence-corrected chi connectivity index (χ4v) is 4.47. The summed E-state index contributed by atoms with van der Waals surface area (Å²) in [5, 5.41) is 2.76. The molecule has 5 heteroatoms. The van der Waals surface area contributed by atoms with Gasteiger partial charge in [-0.15, -0.1) is 6.58 Å². The number of aromatic amines is 1. The SMILES string of the molecule is C=CCNC(=O)c1[nH]c(C)cc1C(=C)C(=O)N(C)C1CCC(C)(C)C2=C1C=CCC=C2.[HH]. The van der Waals surface area contributed by atoms with Crippen LogP contribution < -0.4 is 5.32 Å². The van der Waals surface area contributed by atoms with E-state index in [1.165, 1.54) is 11.1 Å². The molecule has 2 amide bonds. The largest absolute Gasteiger partial charge is 0.354 e. The summed E-state index contributed by atoms with van der Waals surface area (Å²) < 4.78 is 0. The van der Waals surface area contributed by atoms with Crippen LogP contribution >= 0.6 is 0 Å². The molecule has 0 spiro atoms. The molecular formula is C26H35N3O2. The summed E-state index contributed by atoms with van der Waals surface area (Å²) in [6.45, 7) is 14.4. The second-order valence-corrected chi connectivity index (χ2v) is 8.98. The Hall–Kier alpha value is -3.08. The van der Waals surface area contributed by atoms with Crippen LogP contribution in [-0.4, -0.2) is 41.3 Å². The fourth-order valence-electron chi connectivity index (χ4n) is 4.47. The smallest absolute Gasteiger partial charge is 0.268 e. The molecule has 1 atom stereocenters. The minimum absolute atomic E-state index is 0. The summed E-state index contributed by atoms with van der Waals surface area (Å²) in [6.07, 6.45) is 13.1. The Bertz CT molecular complexity index is 1010. The normalized spacial score (nSPS) is 19.4. The molecule has 1 unspecified atom stereocenters. The summed E-state index contributed by atoms with van der Waals surface area (Å²) in [7, 11) is 1.83. The molecule has 1 aromatic rings. The number of likely N-dealkylation sites (N-methyl/N-ethyl adjacent to an activating group) is 1. The van der Waals surface area contributed by atoms with Crippen molar-refractivity contribution in [1.82, 2.24) is 15.2 Å². The number of allylic oxidation sites excluding steroid dienone is 4. The second-order valence-electron chi connectivity index (χ2n) is 8.98. The monoisotopic (exact) mass is 421 g/mol. The summed E-state index contributed by atoms with van der Waals surface area (Å²) in [4.78, 5) is 30.9. The third kappa shape index (κ3) is 4.50. The molecule has 31 heavy (non-hydrogen) atoms. The van der Waals surface area contributed by atoms with Gasteiger partial charge in [0.1, 0.15) is 5.69 Å². The molecule has 0 aromatic carbocycles. The van der Waals surface area contributed by atoms with E-state index in [9.17, 15) is 9.59 Å². The predicted octanol–water partition coefficient (Wildman–Crippen LogP) is 4.96. The molecule has 2 N–H and O–H groups in total. The van der Waals surface area contributed by atoms with Crippen LogP contribution in [0.5, 0.6) is 0 Å². The molecule has 0 aliphatic heterocycles. The summed E-state index contributed by atoms with van der Waals surface area (Å²) in [5.74, 6) is -0.448. The molecule has 0 radical (unpaired) electrons. The van der Waals surface area contributed by atoms with E-state index in [4.69, 9.17) is 0 Å². The van der Waals surface area contributed by atoms with E-state index in [1.54, 1.807) is 17.0 Å². The number of nitrogens with zero attached hydrogens (tertiary/aromatic N) is 1. The van der Waals surface area contributed by atoms with Gasteiger partial charge in [0.2, 0.25) is 0 Å². The highest BCUT2D eigenvalue weighted by molar-refractivity contribution is 6.21. The van der Waals surface area contributed by atoms with Gasteiger partial charge >= 0.3 is 0 Å². The summed E-state index contributed by atoms with van der Waals surface area (Å²) >= 11 is 0. The van der Waals surface area contributed by atoms with E-state index in [1.807, 2.05) is 14.0 Å². The van der Waals surface area contributed by atoms with Gasteiger partial charge in [-0.25, -0.2) is 0 Å². The highest BCUT2D eigenvalue weighted by Gasteiger charge is 2.37. The number of aryl methyl sites for hydroxylation is 1. The number of rotatable bonds is 6. The van der Waals surface area contributed by atoms with Gasteiger partial charge in [-0.05, 0) is 48.8 Å². The van der Waals surface area contributed by atoms with Crippen LogP contribution in [0.15, 0.2) is 60.8 Å². The molecule has 5 nitrogen and oxygen atoms in total. The Balaban J connectivity index is 0.00000363. The Morgan fingerprint density at radius 1 is 1.35 bits per heavy atom. The van der Waals surface area contributed by atoms with Gasteiger partial charge in [-0.2, -0.15) is 0 Å². The van der Waals surface area contributed by atoms with Crippen molar-refractivity contribution in [3.8, 4) is 0 Å². The average Bonchev–Trinajstić information content (AvgIpc) is 2.95. The first-order valence-electron chi connectivity index (χ1n) is 10.8. The number of hydrogen-bond donors (Lipinski definition) is 2. The van der Waals surface area contributed by atoms with Gasteiger partial charge < -0.3 is 15.2 Å². The zero-order chi connectivity index (χ0) is 22.8. The lowest BCUT2D eigenvalue weighted by Gasteiger charge is -2.41. The summed E-state index contributed by atoms with van der Waals surface area (Å²) in [6, 6.07) is 1.78. The maximum atomic E-state index is 13.5. The molecule has 2 aliphatic carbocycles. The van der Waals surface area contributed by atoms with Crippen LogP contribution in [0.1, 0.15) is 56.3 Å². The Morgan fingerprint density at radius 3 is 2.77 bits per heavy atom. The van der Waals surface area contributed by atoms with Crippen molar-refractivity contribution in [2.24, 2.45) is 5.41 Å². The first-order chi connectivity index (χ1) is 14.7. The van der Waals surface area contributed by atoms with Crippen molar-refractivity contribution in [1.29, 1.82) is 0 Å². The molecule has 3 rings (SSSR count). The van der Waals surface area contributed by atoms with Gasteiger partial charge in [0.05, 0.1) is 6.04 Å². The fraction of sp³-hybridized carbons (Fsp3) is 0.385. The first kappa shape index (κ1) is 22.6. The van der Waals surface area contributed by atoms with Crippen molar-refractivity contribution >= 4 is 17.4 Å². The van der Waals surface area contributed by atoms with Crippen molar-refractivity contribution in [3.05, 3.63) is 77.7 Å². The third-order valence-electron chi connectivity index (χ3n) is 6.25. The highest BCUT2D eigenvalue weighted by atomic mass is 16.2. The molecule has 2 aliphatic rings. The van der Waals surface area contributed by atoms with Crippen molar-refractivity contribution in [2.75, 3.05) is 13.6 Å².